The van der Waals surface area contributed by atoms with Crippen molar-refractivity contribution in [3.05, 3.63) is 108 Å². The number of aliphatic hydroxyl groups excluding tert-OH is 1. The quantitative estimate of drug-likeness (QED) is 0.110. The first-order chi connectivity index (χ1) is 28.9. The molecular formula is C43H54F6N6O7. The predicted molar refractivity (Wildman–Crippen MR) is 218 cm³/mol. The molecule has 13 nitrogen and oxygen atoms in total. The highest BCUT2D eigenvalue weighted by Crippen LogP contribution is 2.31. The molecule has 62 heavy (non-hydrogen) atoms. The molecule has 19 heteroatoms. The molecule has 2 aliphatic rings. The van der Waals surface area contributed by atoms with E-state index in [4.69, 9.17) is 19.3 Å². The number of ether oxygens (including phenoxy) is 3. The number of carboxylic acid groups (broad SMARTS) is 1. The van der Waals surface area contributed by atoms with Gasteiger partial charge >= 0.3 is 24.3 Å². The van der Waals surface area contributed by atoms with Gasteiger partial charge in [-0.05, 0) is 62.5 Å². The first-order valence-electron chi connectivity index (χ1n) is 19.5. The number of aromatic nitrogens is 4. The van der Waals surface area contributed by atoms with E-state index in [1.165, 1.54) is 14.2 Å². The number of nitrogens with zero attached hydrogens (tertiary/aromatic N) is 6. The Labute approximate surface area is 357 Å². The van der Waals surface area contributed by atoms with Crippen molar-refractivity contribution in [1.82, 2.24) is 19.9 Å². The van der Waals surface area contributed by atoms with Crippen LogP contribution in [-0.4, -0.2) is 94.7 Å². The molecule has 0 spiro atoms. The monoisotopic (exact) mass is 880 g/mol. The molecule has 2 N–H and O–H groups in total. The molecule has 4 aromatic rings. The summed E-state index contributed by atoms with van der Waals surface area (Å²) in [7, 11) is 2.85. The van der Waals surface area contributed by atoms with Crippen molar-refractivity contribution < 1.29 is 60.4 Å². The molecular weight excluding hydrogens is 826 g/mol. The molecule has 2 aromatic carbocycles. The van der Waals surface area contributed by atoms with Gasteiger partial charge in [-0.25, -0.2) is 29.5 Å². The Morgan fingerprint density at radius 2 is 1.00 bits per heavy atom. The number of aliphatic hydroxyl groups is 1. The average Bonchev–Trinajstić information content (AvgIpc) is 3.25. The summed E-state index contributed by atoms with van der Waals surface area (Å²) in [5.41, 5.74) is -0.318. The minimum atomic E-state index is -4.45. The van der Waals surface area contributed by atoms with Crippen molar-refractivity contribution in [3.63, 3.8) is 0 Å². The highest BCUT2D eigenvalue weighted by atomic mass is 19.4. The van der Waals surface area contributed by atoms with Crippen LogP contribution in [0.5, 0.6) is 0 Å². The second kappa shape index (κ2) is 23.7. The molecule has 6 rings (SSSR count). The summed E-state index contributed by atoms with van der Waals surface area (Å²) in [6.45, 7) is 6.07. The maximum atomic E-state index is 12.7. The van der Waals surface area contributed by atoms with Crippen LogP contribution < -0.4 is 9.80 Å². The minimum Gasteiger partial charge on any atom is -0.479 e. The Kier molecular flexibility index (Phi) is 19.5. The van der Waals surface area contributed by atoms with Crippen LogP contribution >= 0.6 is 0 Å². The lowest BCUT2D eigenvalue weighted by molar-refractivity contribution is -0.163. The number of carbonyl (C=O) groups excluding carboxylic acids is 1. The number of esters is 1. The van der Waals surface area contributed by atoms with Gasteiger partial charge in [0, 0.05) is 65.2 Å². The third-order valence-corrected chi connectivity index (χ3v) is 10.3. The standard InChI is InChI=1S/C21H24F3N3O3.C12H16F3N3O.C9H10O3.CH4/c1-14(30-19(28)18(29-2)16-6-4-3-5-7-16)15-8-10-27(11-9-15)20-25-12-17(13-26-20)21(22,23)24;1-8(19)9-2-4-18(5-3-9)11-16-6-10(7-17-11)12(13,14)15;1-12-8(9(10)11)7-5-3-2-4-6-7;/h3-7,12-15,18H,8-11H2,1-2H3;6-9,19H,2-5H2,1H3;2-6,8H,1H3,(H,10,11);1H4/t14-,18+;;8-;/m1.0./s1. The van der Waals surface area contributed by atoms with Crippen molar-refractivity contribution >= 4 is 23.8 Å². The molecule has 0 amide bonds. The van der Waals surface area contributed by atoms with Gasteiger partial charge < -0.3 is 34.2 Å². The number of hydrogen-bond donors (Lipinski definition) is 2. The zero-order valence-electron chi connectivity index (χ0n) is 34.1. The van der Waals surface area contributed by atoms with Gasteiger partial charge in [0.25, 0.3) is 0 Å². The van der Waals surface area contributed by atoms with Crippen LogP contribution in [0.15, 0.2) is 85.5 Å². The van der Waals surface area contributed by atoms with Crippen LogP contribution in [0.25, 0.3) is 0 Å². The lowest BCUT2D eigenvalue weighted by atomic mass is 9.92. The fourth-order valence-corrected chi connectivity index (χ4v) is 6.76. The summed E-state index contributed by atoms with van der Waals surface area (Å²) in [6.07, 6.45) is -4.94. The molecule has 2 aliphatic heterocycles. The summed E-state index contributed by atoms with van der Waals surface area (Å²) < 4.78 is 90.9. The molecule has 0 radical (unpaired) electrons. The maximum Gasteiger partial charge on any atom is 0.419 e. The number of carbonyl (C=O) groups is 2. The van der Waals surface area contributed by atoms with E-state index in [-0.39, 0.29) is 37.4 Å². The topological polar surface area (TPSA) is 160 Å². The molecule has 0 aliphatic carbocycles. The Bertz CT molecular complexity index is 1910. The van der Waals surface area contributed by atoms with Gasteiger partial charge in [0.15, 0.2) is 12.2 Å². The van der Waals surface area contributed by atoms with Crippen molar-refractivity contribution in [1.29, 1.82) is 0 Å². The Balaban J connectivity index is 0.000000273. The first-order valence-corrected chi connectivity index (χ1v) is 19.5. The van der Waals surface area contributed by atoms with Gasteiger partial charge in [0.05, 0.1) is 17.2 Å². The van der Waals surface area contributed by atoms with E-state index in [0.717, 1.165) is 43.2 Å². The van der Waals surface area contributed by atoms with E-state index < -0.39 is 47.6 Å². The fourth-order valence-electron chi connectivity index (χ4n) is 6.76. The molecule has 1 unspecified atom stereocenters. The van der Waals surface area contributed by atoms with E-state index >= 15 is 0 Å². The number of hydrogen-bond acceptors (Lipinski definition) is 12. The van der Waals surface area contributed by atoms with Crippen LogP contribution in [-0.2, 0) is 36.2 Å². The van der Waals surface area contributed by atoms with Gasteiger partial charge in [-0.3, -0.25) is 0 Å². The molecule has 0 saturated carbocycles. The van der Waals surface area contributed by atoms with Gasteiger partial charge in [-0.2, -0.15) is 26.3 Å². The number of halogens is 6. The second-order valence-corrected chi connectivity index (χ2v) is 14.5. The lowest BCUT2D eigenvalue weighted by Crippen LogP contribution is -2.39. The third-order valence-electron chi connectivity index (χ3n) is 10.3. The van der Waals surface area contributed by atoms with Gasteiger partial charge in [0.1, 0.15) is 6.10 Å². The Hall–Kier alpha value is -5.40. The molecule has 340 valence electrons. The smallest absolute Gasteiger partial charge is 0.419 e. The van der Waals surface area contributed by atoms with E-state index in [1.807, 2.05) is 53.1 Å². The summed E-state index contributed by atoms with van der Waals surface area (Å²) in [5.74, 6) is -0.446. The van der Waals surface area contributed by atoms with E-state index in [1.54, 1.807) is 31.2 Å². The van der Waals surface area contributed by atoms with Crippen molar-refractivity contribution in [2.75, 3.05) is 50.2 Å². The number of methoxy groups -OCH3 is 2. The van der Waals surface area contributed by atoms with Gasteiger partial charge in [0.2, 0.25) is 11.9 Å². The van der Waals surface area contributed by atoms with Crippen molar-refractivity contribution in [3.8, 4) is 0 Å². The van der Waals surface area contributed by atoms with Gasteiger partial charge in [-0.15, -0.1) is 0 Å². The largest absolute Gasteiger partial charge is 0.479 e. The van der Waals surface area contributed by atoms with Gasteiger partial charge in [-0.1, -0.05) is 68.1 Å². The highest BCUT2D eigenvalue weighted by molar-refractivity contribution is 5.76. The van der Waals surface area contributed by atoms with Crippen molar-refractivity contribution in [2.24, 2.45) is 11.8 Å². The van der Waals surface area contributed by atoms with Crippen LogP contribution in [0.2, 0.25) is 0 Å². The number of aliphatic carboxylic acids is 1. The van der Waals surface area contributed by atoms with Crippen LogP contribution in [0.1, 0.15) is 81.4 Å². The lowest BCUT2D eigenvalue weighted by Gasteiger charge is -2.34. The number of carboxylic acids is 1. The fraction of sp³-hybridized carbons (Fsp3) is 0.488. The Morgan fingerprint density at radius 1 is 0.645 bits per heavy atom. The van der Waals surface area contributed by atoms with Crippen molar-refractivity contribution in [2.45, 2.75) is 83.7 Å². The molecule has 0 bridgehead atoms. The number of rotatable bonds is 11. The second-order valence-electron chi connectivity index (χ2n) is 14.5. The minimum absolute atomic E-state index is 0. The summed E-state index contributed by atoms with van der Waals surface area (Å²) in [4.78, 5) is 42.1. The van der Waals surface area contributed by atoms with Crippen LogP contribution in [0.4, 0.5) is 38.2 Å². The zero-order chi connectivity index (χ0) is 44.7. The molecule has 2 fully saturated rings. The first kappa shape index (κ1) is 51.0. The summed E-state index contributed by atoms with van der Waals surface area (Å²) >= 11 is 0. The van der Waals surface area contributed by atoms with E-state index in [9.17, 15) is 41.0 Å². The number of alkyl halides is 6. The van der Waals surface area contributed by atoms with Crippen LogP contribution in [0, 0.1) is 11.8 Å². The number of anilines is 2. The zero-order valence-corrected chi connectivity index (χ0v) is 34.1. The van der Waals surface area contributed by atoms with E-state index in [2.05, 4.69) is 19.9 Å². The predicted octanol–water partition coefficient (Wildman–Crippen LogP) is 8.22. The number of benzene rings is 2. The number of piperidine rings is 2. The normalized spacial score (nSPS) is 16.8. The average molecular weight is 881 g/mol. The SMILES string of the molecule is C.CC(O)C1CCN(c2ncc(C(F)(F)F)cn2)CC1.CO[C@H](C(=O)O)c1ccccc1.CO[C@H](C(=O)O[C@H](C)C1CCN(c2ncc(C(F)(F)F)cn2)CC1)c1ccccc1. The molecule has 2 aromatic heterocycles. The van der Waals surface area contributed by atoms with Crippen LogP contribution in [0.3, 0.4) is 0 Å². The molecule has 2 saturated heterocycles. The molecule has 4 atom stereocenters. The maximum absolute atomic E-state index is 12.7. The summed E-state index contributed by atoms with van der Waals surface area (Å²) in [5, 5.41) is 18.2. The summed E-state index contributed by atoms with van der Waals surface area (Å²) in [6, 6.07) is 18.0. The third kappa shape index (κ3) is 14.9. The highest BCUT2D eigenvalue weighted by Gasteiger charge is 2.34. The van der Waals surface area contributed by atoms with E-state index in [0.29, 0.717) is 50.5 Å². The Morgan fingerprint density at radius 3 is 1.32 bits per heavy atom. The molecule has 4 heterocycles.